The predicted molar refractivity (Wildman–Crippen MR) is 71.3 cm³/mol. The number of hydrogen-bond donors (Lipinski definition) is 1. The zero-order chi connectivity index (χ0) is 13.7. The van der Waals surface area contributed by atoms with Crippen molar-refractivity contribution in [2.75, 3.05) is 13.2 Å². The Morgan fingerprint density at radius 3 is 2.68 bits per heavy atom. The molecule has 0 radical (unpaired) electrons. The predicted octanol–water partition coefficient (Wildman–Crippen LogP) is 3.51. The van der Waals surface area contributed by atoms with Crippen LogP contribution in [0.5, 0.6) is 5.75 Å². The van der Waals surface area contributed by atoms with Gasteiger partial charge in [-0.1, -0.05) is 6.92 Å². The van der Waals surface area contributed by atoms with Gasteiger partial charge in [0, 0.05) is 18.7 Å². The third-order valence-electron chi connectivity index (χ3n) is 3.70. The van der Waals surface area contributed by atoms with Gasteiger partial charge in [0.1, 0.15) is 12.4 Å². The van der Waals surface area contributed by atoms with E-state index >= 15 is 0 Å². The van der Waals surface area contributed by atoms with Crippen molar-refractivity contribution in [1.29, 1.82) is 0 Å². The maximum Gasteiger partial charge on any atom is 0.165 e. The molecular formula is C15H21F2NO. The molecule has 106 valence electrons. The summed E-state index contributed by atoms with van der Waals surface area (Å²) in [4.78, 5) is 0. The minimum atomic E-state index is -0.520. The SMILES string of the molecule is CC1CCC(NCCOc2cc(F)ccc2F)CC1. The van der Waals surface area contributed by atoms with Crippen LogP contribution in [0.2, 0.25) is 0 Å². The van der Waals surface area contributed by atoms with Gasteiger partial charge in [0.2, 0.25) is 0 Å². The molecule has 0 aliphatic heterocycles. The Morgan fingerprint density at radius 2 is 1.95 bits per heavy atom. The first-order valence-corrected chi connectivity index (χ1v) is 6.96. The van der Waals surface area contributed by atoms with Crippen LogP contribution in [0.1, 0.15) is 32.6 Å². The fourth-order valence-electron chi connectivity index (χ4n) is 2.48. The van der Waals surface area contributed by atoms with Gasteiger partial charge in [-0.05, 0) is 43.7 Å². The highest BCUT2D eigenvalue weighted by Crippen LogP contribution is 2.23. The Hall–Kier alpha value is -1.16. The van der Waals surface area contributed by atoms with Crippen molar-refractivity contribution in [1.82, 2.24) is 5.32 Å². The van der Waals surface area contributed by atoms with Gasteiger partial charge in [0.05, 0.1) is 0 Å². The smallest absolute Gasteiger partial charge is 0.165 e. The molecule has 1 fully saturated rings. The summed E-state index contributed by atoms with van der Waals surface area (Å²) in [7, 11) is 0. The van der Waals surface area contributed by atoms with Crippen molar-refractivity contribution in [2.45, 2.75) is 38.6 Å². The van der Waals surface area contributed by atoms with Gasteiger partial charge in [0.25, 0.3) is 0 Å². The lowest BCUT2D eigenvalue weighted by atomic mass is 9.87. The molecule has 0 saturated heterocycles. The Labute approximate surface area is 113 Å². The van der Waals surface area contributed by atoms with Crippen LogP contribution in [0, 0.1) is 17.6 Å². The van der Waals surface area contributed by atoms with Gasteiger partial charge in [0.15, 0.2) is 11.6 Å². The van der Waals surface area contributed by atoms with E-state index in [1.165, 1.54) is 25.7 Å². The van der Waals surface area contributed by atoms with E-state index in [4.69, 9.17) is 4.74 Å². The van der Waals surface area contributed by atoms with Crippen LogP contribution in [0.25, 0.3) is 0 Å². The highest BCUT2D eigenvalue weighted by molar-refractivity contribution is 5.24. The van der Waals surface area contributed by atoms with Crippen molar-refractivity contribution in [2.24, 2.45) is 5.92 Å². The largest absolute Gasteiger partial charge is 0.489 e. The Morgan fingerprint density at radius 1 is 1.21 bits per heavy atom. The molecule has 19 heavy (non-hydrogen) atoms. The standard InChI is InChI=1S/C15H21F2NO/c1-11-2-5-13(6-3-11)18-8-9-19-15-10-12(16)4-7-14(15)17/h4,7,10-11,13,18H,2-3,5-6,8-9H2,1H3. The topological polar surface area (TPSA) is 21.3 Å². The summed E-state index contributed by atoms with van der Waals surface area (Å²) in [5, 5.41) is 3.41. The van der Waals surface area contributed by atoms with Gasteiger partial charge >= 0.3 is 0 Å². The highest BCUT2D eigenvalue weighted by Gasteiger charge is 2.17. The quantitative estimate of drug-likeness (QED) is 0.826. The third-order valence-corrected chi connectivity index (χ3v) is 3.70. The molecule has 1 aromatic rings. The number of rotatable bonds is 5. The summed E-state index contributed by atoms with van der Waals surface area (Å²) in [6.45, 7) is 3.30. The average Bonchev–Trinajstić information content (AvgIpc) is 2.40. The fraction of sp³-hybridized carbons (Fsp3) is 0.600. The van der Waals surface area contributed by atoms with Crippen LogP contribution >= 0.6 is 0 Å². The minimum absolute atomic E-state index is 0.0148. The molecule has 4 heteroatoms. The zero-order valence-corrected chi connectivity index (χ0v) is 11.3. The molecule has 0 bridgehead atoms. The van der Waals surface area contributed by atoms with Gasteiger partial charge in [-0.15, -0.1) is 0 Å². The van der Waals surface area contributed by atoms with E-state index in [0.717, 1.165) is 24.1 Å². The molecule has 0 heterocycles. The maximum atomic E-state index is 13.3. The lowest BCUT2D eigenvalue weighted by Gasteiger charge is -2.27. The zero-order valence-electron chi connectivity index (χ0n) is 11.3. The van der Waals surface area contributed by atoms with Crippen molar-refractivity contribution < 1.29 is 13.5 Å². The van der Waals surface area contributed by atoms with Gasteiger partial charge in [-0.25, -0.2) is 8.78 Å². The molecule has 1 aliphatic rings. The van der Waals surface area contributed by atoms with Crippen LogP contribution < -0.4 is 10.1 Å². The third kappa shape index (κ3) is 4.46. The summed E-state index contributed by atoms with van der Waals surface area (Å²) in [6.07, 6.45) is 4.90. The first-order valence-electron chi connectivity index (χ1n) is 6.96. The molecule has 0 unspecified atom stereocenters. The van der Waals surface area contributed by atoms with Gasteiger partial charge < -0.3 is 10.1 Å². The van der Waals surface area contributed by atoms with E-state index in [1.807, 2.05) is 0 Å². The second-order valence-electron chi connectivity index (χ2n) is 5.33. The Kier molecular flexibility index (Phi) is 5.14. The summed E-state index contributed by atoms with van der Waals surface area (Å²) >= 11 is 0. The van der Waals surface area contributed by atoms with E-state index in [0.29, 0.717) is 19.2 Å². The van der Waals surface area contributed by atoms with E-state index in [1.54, 1.807) is 0 Å². The monoisotopic (exact) mass is 269 g/mol. The van der Waals surface area contributed by atoms with E-state index in [2.05, 4.69) is 12.2 Å². The van der Waals surface area contributed by atoms with Crippen LogP contribution in [-0.2, 0) is 0 Å². The second-order valence-corrected chi connectivity index (χ2v) is 5.33. The second kappa shape index (κ2) is 6.85. The molecule has 0 aromatic heterocycles. The van der Waals surface area contributed by atoms with Gasteiger partial charge in [-0.2, -0.15) is 0 Å². The van der Waals surface area contributed by atoms with Crippen molar-refractivity contribution in [3.8, 4) is 5.75 Å². The average molecular weight is 269 g/mol. The molecule has 2 rings (SSSR count). The van der Waals surface area contributed by atoms with Crippen LogP contribution in [0.3, 0.4) is 0 Å². The van der Waals surface area contributed by atoms with Crippen molar-refractivity contribution >= 4 is 0 Å². The van der Waals surface area contributed by atoms with E-state index < -0.39 is 11.6 Å². The Bertz CT molecular complexity index is 403. The first-order chi connectivity index (χ1) is 9.15. The minimum Gasteiger partial charge on any atom is -0.489 e. The fourth-order valence-corrected chi connectivity index (χ4v) is 2.48. The van der Waals surface area contributed by atoms with Crippen LogP contribution in [0.4, 0.5) is 8.78 Å². The highest BCUT2D eigenvalue weighted by atomic mass is 19.1. The summed E-state index contributed by atoms with van der Waals surface area (Å²) in [5.41, 5.74) is 0. The van der Waals surface area contributed by atoms with E-state index in [-0.39, 0.29) is 5.75 Å². The molecule has 1 aromatic carbocycles. The first kappa shape index (κ1) is 14.3. The Balaban J connectivity index is 1.68. The van der Waals surface area contributed by atoms with Crippen molar-refractivity contribution in [3.05, 3.63) is 29.8 Å². The number of hydrogen-bond acceptors (Lipinski definition) is 2. The van der Waals surface area contributed by atoms with Gasteiger partial charge in [-0.3, -0.25) is 0 Å². The van der Waals surface area contributed by atoms with Crippen LogP contribution in [-0.4, -0.2) is 19.2 Å². The number of ether oxygens (including phenoxy) is 1. The number of benzene rings is 1. The molecule has 0 spiro atoms. The molecule has 1 saturated carbocycles. The lowest BCUT2D eigenvalue weighted by molar-refractivity contribution is 0.263. The molecule has 0 amide bonds. The maximum absolute atomic E-state index is 13.3. The van der Waals surface area contributed by atoms with Crippen molar-refractivity contribution in [3.63, 3.8) is 0 Å². The molecular weight excluding hydrogens is 248 g/mol. The summed E-state index contributed by atoms with van der Waals surface area (Å²) in [6, 6.07) is 3.79. The summed E-state index contributed by atoms with van der Waals surface area (Å²) in [5.74, 6) is -0.187. The van der Waals surface area contributed by atoms with E-state index in [9.17, 15) is 8.78 Å². The summed E-state index contributed by atoms with van der Waals surface area (Å²) < 4.78 is 31.5. The molecule has 2 nitrogen and oxygen atoms in total. The normalized spacial score (nSPS) is 23.3. The molecule has 1 aliphatic carbocycles. The number of nitrogens with one attached hydrogen (secondary N) is 1. The number of halogens is 2. The molecule has 1 N–H and O–H groups in total. The molecule has 0 atom stereocenters. The lowest BCUT2D eigenvalue weighted by Crippen LogP contribution is -2.35. The van der Waals surface area contributed by atoms with Crippen LogP contribution in [0.15, 0.2) is 18.2 Å².